The first kappa shape index (κ1) is 16.9. The minimum atomic E-state index is -0.00906. The first-order valence-electron chi connectivity index (χ1n) is 8.32. The predicted molar refractivity (Wildman–Crippen MR) is 96.4 cm³/mol. The van der Waals surface area contributed by atoms with E-state index in [1.165, 1.54) is 11.3 Å². The molecule has 1 amide bonds. The largest absolute Gasteiger partial charge is 0.491 e. The monoisotopic (exact) mass is 345 g/mol. The molecule has 2 N–H and O–H groups in total. The molecule has 1 aliphatic heterocycles. The molecule has 0 radical (unpaired) electrons. The van der Waals surface area contributed by atoms with E-state index in [-0.39, 0.29) is 18.1 Å². The van der Waals surface area contributed by atoms with Gasteiger partial charge >= 0.3 is 0 Å². The summed E-state index contributed by atoms with van der Waals surface area (Å²) in [6.07, 6.45) is 2.15. The molecular weight excluding hydrogens is 322 g/mol. The van der Waals surface area contributed by atoms with E-state index in [2.05, 4.69) is 4.98 Å². The number of rotatable bonds is 5. The van der Waals surface area contributed by atoms with E-state index in [4.69, 9.17) is 10.5 Å². The van der Waals surface area contributed by atoms with Gasteiger partial charge in [-0.1, -0.05) is 0 Å². The van der Waals surface area contributed by atoms with Gasteiger partial charge < -0.3 is 15.4 Å². The van der Waals surface area contributed by atoms with Crippen LogP contribution < -0.4 is 10.5 Å². The maximum atomic E-state index is 12.6. The second-order valence-electron chi connectivity index (χ2n) is 6.26. The van der Waals surface area contributed by atoms with Crippen molar-refractivity contribution in [1.29, 1.82) is 0 Å². The zero-order valence-electron chi connectivity index (χ0n) is 14.1. The van der Waals surface area contributed by atoms with Crippen LogP contribution in [0, 0.1) is 0 Å². The van der Waals surface area contributed by atoms with Gasteiger partial charge in [0.15, 0.2) is 0 Å². The van der Waals surface area contributed by atoms with E-state index in [1.807, 2.05) is 48.4 Å². The van der Waals surface area contributed by atoms with Gasteiger partial charge in [-0.25, -0.2) is 4.98 Å². The van der Waals surface area contributed by atoms with Gasteiger partial charge in [0, 0.05) is 30.1 Å². The molecule has 1 fully saturated rings. The topological polar surface area (TPSA) is 68.5 Å². The number of nitrogens with two attached hydrogens (primary N) is 1. The highest BCUT2D eigenvalue weighted by Crippen LogP contribution is 2.27. The Bertz CT molecular complexity index is 697. The molecule has 1 aromatic heterocycles. The Morgan fingerprint density at radius 3 is 2.83 bits per heavy atom. The Morgan fingerprint density at radius 2 is 2.17 bits per heavy atom. The molecule has 5 nitrogen and oxygen atoms in total. The van der Waals surface area contributed by atoms with Crippen molar-refractivity contribution in [2.24, 2.45) is 5.73 Å². The summed E-state index contributed by atoms with van der Waals surface area (Å²) in [7, 11) is 0. The Labute approximate surface area is 146 Å². The van der Waals surface area contributed by atoms with E-state index in [0.717, 1.165) is 35.7 Å². The van der Waals surface area contributed by atoms with E-state index >= 15 is 0 Å². The van der Waals surface area contributed by atoms with Crippen LogP contribution in [0.5, 0.6) is 5.75 Å². The Kier molecular flexibility index (Phi) is 5.16. The molecule has 1 aliphatic rings. The third kappa shape index (κ3) is 3.60. The molecule has 24 heavy (non-hydrogen) atoms. The van der Waals surface area contributed by atoms with Crippen LogP contribution in [0.3, 0.4) is 0 Å². The second kappa shape index (κ2) is 7.32. The summed E-state index contributed by atoms with van der Waals surface area (Å²) in [6, 6.07) is 7.97. The van der Waals surface area contributed by atoms with Gasteiger partial charge in [0.05, 0.1) is 6.10 Å². The highest BCUT2D eigenvalue weighted by atomic mass is 32.1. The van der Waals surface area contributed by atoms with Crippen molar-refractivity contribution in [1.82, 2.24) is 9.88 Å². The van der Waals surface area contributed by atoms with Crippen molar-refractivity contribution in [3.63, 3.8) is 0 Å². The Morgan fingerprint density at radius 1 is 1.42 bits per heavy atom. The third-order valence-electron chi connectivity index (χ3n) is 4.11. The molecule has 2 heterocycles. The molecule has 0 spiro atoms. The Hall–Kier alpha value is -1.92. The lowest BCUT2D eigenvalue weighted by molar-refractivity contribution is 0.0736. The molecule has 0 bridgehead atoms. The van der Waals surface area contributed by atoms with E-state index in [1.54, 1.807) is 0 Å². The van der Waals surface area contributed by atoms with Gasteiger partial charge in [0.1, 0.15) is 16.5 Å². The number of likely N-dealkylation sites (tertiary alicyclic amines) is 1. The number of benzene rings is 1. The highest BCUT2D eigenvalue weighted by molar-refractivity contribution is 7.13. The van der Waals surface area contributed by atoms with Gasteiger partial charge in [0.25, 0.3) is 5.91 Å². The van der Waals surface area contributed by atoms with Crippen LogP contribution in [0.15, 0.2) is 29.6 Å². The van der Waals surface area contributed by atoms with E-state index in [0.29, 0.717) is 12.2 Å². The third-order valence-corrected chi connectivity index (χ3v) is 5.00. The first-order chi connectivity index (χ1) is 11.6. The highest BCUT2D eigenvalue weighted by Gasteiger charge is 2.29. The number of aromatic nitrogens is 1. The summed E-state index contributed by atoms with van der Waals surface area (Å²) in [5, 5.41) is 2.68. The van der Waals surface area contributed by atoms with Crippen molar-refractivity contribution >= 4 is 17.2 Å². The standard InChI is InChI=1S/C18H23N3O2S/c1-12(2)23-15-7-5-13(6-8-15)17-20-16(11-24-17)18(22)21-9-3-4-14(21)10-19/h5-8,11-12,14H,3-4,9-10,19H2,1-2H3. The average molecular weight is 345 g/mol. The van der Waals surface area contributed by atoms with Crippen molar-refractivity contribution in [2.45, 2.75) is 38.8 Å². The maximum Gasteiger partial charge on any atom is 0.273 e. The number of nitrogens with zero attached hydrogens (tertiary/aromatic N) is 2. The van der Waals surface area contributed by atoms with Crippen LogP contribution in [0.25, 0.3) is 10.6 Å². The Balaban J connectivity index is 1.74. The molecule has 2 aromatic rings. The lowest BCUT2D eigenvalue weighted by atomic mass is 10.2. The van der Waals surface area contributed by atoms with E-state index < -0.39 is 0 Å². The number of carbonyl (C=O) groups excluding carboxylic acids is 1. The fourth-order valence-corrected chi connectivity index (χ4v) is 3.75. The molecule has 1 atom stereocenters. The van der Waals surface area contributed by atoms with Gasteiger partial charge in [-0.05, 0) is 51.0 Å². The summed E-state index contributed by atoms with van der Waals surface area (Å²) in [5.41, 5.74) is 7.27. The fraction of sp³-hybridized carbons (Fsp3) is 0.444. The number of hydrogen-bond donors (Lipinski definition) is 1. The van der Waals surface area contributed by atoms with Crippen molar-refractivity contribution in [3.05, 3.63) is 35.3 Å². The molecular formula is C18H23N3O2S. The minimum absolute atomic E-state index is 0.00906. The van der Waals surface area contributed by atoms with Gasteiger partial charge in [-0.15, -0.1) is 11.3 Å². The lowest BCUT2D eigenvalue weighted by Gasteiger charge is -2.22. The van der Waals surface area contributed by atoms with Crippen molar-refractivity contribution < 1.29 is 9.53 Å². The number of thiazole rings is 1. The second-order valence-corrected chi connectivity index (χ2v) is 7.12. The summed E-state index contributed by atoms with van der Waals surface area (Å²) in [5.74, 6) is 0.828. The van der Waals surface area contributed by atoms with Crippen LogP contribution in [-0.2, 0) is 0 Å². The van der Waals surface area contributed by atoms with Crippen LogP contribution in [0.1, 0.15) is 37.2 Å². The van der Waals surface area contributed by atoms with Gasteiger partial charge in [-0.3, -0.25) is 4.79 Å². The summed E-state index contributed by atoms with van der Waals surface area (Å²) < 4.78 is 5.65. The smallest absolute Gasteiger partial charge is 0.273 e. The summed E-state index contributed by atoms with van der Waals surface area (Å²) in [6.45, 7) is 5.29. The molecule has 1 unspecified atom stereocenters. The SMILES string of the molecule is CC(C)Oc1ccc(-c2nc(C(=O)N3CCCC3CN)cs2)cc1. The minimum Gasteiger partial charge on any atom is -0.491 e. The molecule has 6 heteroatoms. The summed E-state index contributed by atoms with van der Waals surface area (Å²) in [4.78, 5) is 19.0. The predicted octanol–water partition coefficient (Wildman–Crippen LogP) is 3.16. The van der Waals surface area contributed by atoms with E-state index in [9.17, 15) is 4.79 Å². The fourth-order valence-electron chi connectivity index (χ4n) is 2.95. The van der Waals surface area contributed by atoms with Crippen LogP contribution in [-0.4, -0.2) is 41.0 Å². The normalized spacial score (nSPS) is 17.5. The van der Waals surface area contributed by atoms with Crippen molar-refractivity contribution in [2.75, 3.05) is 13.1 Å². The molecule has 1 aromatic carbocycles. The molecule has 0 saturated carbocycles. The zero-order chi connectivity index (χ0) is 17.1. The van der Waals surface area contributed by atoms with Gasteiger partial charge in [0.2, 0.25) is 0 Å². The molecule has 0 aliphatic carbocycles. The molecule has 3 rings (SSSR count). The summed E-state index contributed by atoms with van der Waals surface area (Å²) >= 11 is 1.49. The maximum absolute atomic E-state index is 12.6. The molecule has 1 saturated heterocycles. The lowest BCUT2D eigenvalue weighted by Crippen LogP contribution is -2.40. The first-order valence-corrected chi connectivity index (χ1v) is 9.20. The van der Waals surface area contributed by atoms with Crippen LogP contribution in [0.4, 0.5) is 0 Å². The molecule has 128 valence electrons. The quantitative estimate of drug-likeness (QED) is 0.904. The number of ether oxygens (including phenoxy) is 1. The van der Waals surface area contributed by atoms with Gasteiger partial charge in [-0.2, -0.15) is 0 Å². The van der Waals surface area contributed by atoms with Crippen LogP contribution >= 0.6 is 11.3 Å². The zero-order valence-corrected chi connectivity index (χ0v) is 14.9. The number of carbonyl (C=O) groups is 1. The average Bonchev–Trinajstić information content (AvgIpc) is 3.23. The number of hydrogen-bond acceptors (Lipinski definition) is 5. The van der Waals surface area contributed by atoms with Crippen LogP contribution in [0.2, 0.25) is 0 Å². The van der Waals surface area contributed by atoms with Crippen molar-refractivity contribution in [3.8, 4) is 16.3 Å². The number of amides is 1.